The summed E-state index contributed by atoms with van der Waals surface area (Å²) in [7, 11) is 0. The molecule has 1 aliphatic rings. The van der Waals surface area contributed by atoms with Crippen LogP contribution in [0.25, 0.3) is 0 Å². The van der Waals surface area contributed by atoms with Crippen molar-refractivity contribution in [3.8, 4) is 11.5 Å². The lowest BCUT2D eigenvalue weighted by Crippen LogP contribution is -2.41. The van der Waals surface area contributed by atoms with E-state index in [1.807, 2.05) is 42.5 Å². The lowest BCUT2D eigenvalue weighted by Gasteiger charge is -2.26. The first-order valence-corrected chi connectivity index (χ1v) is 7.04. The molecule has 0 aliphatic carbocycles. The van der Waals surface area contributed by atoms with Crippen molar-refractivity contribution < 1.29 is 9.47 Å². The molecule has 0 aromatic heterocycles. The minimum Gasteiger partial charge on any atom is -0.492 e. The summed E-state index contributed by atoms with van der Waals surface area (Å²) in [6, 6.07) is 18.5. The van der Waals surface area contributed by atoms with E-state index >= 15 is 0 Å². The monoisotopic (exact) mass is 305 g/mol. The molecule has 0 fully saturated rings. The lowest BCUT2D eigenvalue weighted by molar-refractivity contribution is 0.227. The number of fused-ring (bicyclic) bond motifs is 1. The van der Waals surface area contributed by atoms with Crippen LogP contribution in [0, 0.1) is 0 Å². The van der Waals surface area contributed by atoms with Crippen molar-refractivity contribution in [3.63, 3.8) is 0 Å². The predicted molar refractivity (Wildman–Crippen MR) is 86.6 cm³/mol. The first-order valence-electron chi connectivity index (χ1n) is 7.04. The van der Waals surface area contributed by atoms with E-state index in [-0.39, 0.29) is 12.4 Å². The van der Waals surface area contributed by atoms with Gasteiger partial charge in [0.05, 0.1) is 0 Å². The summed E-state index contributed by atoms with van der Waals surface area (Å²) < 4.78 is 11.4. The van der Waals surface area contributed by atoms with Crippen molar-refractivity contribution in [2.75, 3.05) is 19.8 Å². The third kappa shape index (κ3) is 4.38. The van der Waals surface area contributed by atoms with E-state index in [9.17, 15) is 0 Å². The number of rotatable bonds is 5. The average molecular weight is 306 g/mol. The van der Waals surface area contributed by atoms with Crippen LogP contribution in [-0.4, -0.2) is 25.8 Å². The molecule has 1 N–H and O–H groups in total. The quantitative estimate of drug-likeness (QED) is 0.861. The molecule has 1 unspecified atom stereocenters. The van der Waals surface area contributed by atoms with Crippen LogP contribution < -0.4 is 14.8 Å². The number of halogens is 1. The number of hydrogen-bond donors (Lipinski definition) is 1. The second-order valence-electron chi connectivity index (χ2n) is 4.94. The van der Waals surface area contributed by atoms with E-state index in [1.54, 1.807) is 0 Å². The van der Waals surface area contributed by atoms with Crippen molar-refractivity contribution in [3.05, 3.63) is 60.2 Å². The zero-order valence-corrected chi connectivity index (χ0v) is 12.6. The highest BCUT2D eigenvalue weighted by Gasteiger charge is 2.18. The molecule has 2 aromatic carbocycles. The summed E-state index contributed by atoms with van der Waals surface area (Å²) in [5, 5.41) is 3.48. The number of para-hydroxylation sites is 2. The SMILES string of the molecule is Cl.c1ccc(OCCNC2COc3ccccc3C2)cc1. The zero-order valence-electron chi connectivity index (χ0n) is 11.8. The van der Waals surface area contributed by atoms with E-state index in [4.69, 9.17) is 9.47 Å². The van der Waals surface area contributed by atoms with Gasteiger partial charge in [0.15, 0.2) is 0 Å². The van der Waals surface area contributed by atoms with Gasteiger partial charge in [0.2, 0.25) is 0 Å². The van der Waals surface area contributed by atoms with E-state index in [2.05, 4.69) is 17.4 Å². The smallest absolute Gasteiger partial charge is 0.122 e. The van der Waals surface area contributed by atoms with Crippen LogP contribution in [0.2, 0.25) is 0 Å². The maximum absolute atomic E-state index is 5.75. The Morgan fingerprint density at radius 2 is 1.81 bits per heavy atom. The van der Waals surface area contributed by atoms with Gasteiger partial charge in [-0.1, -0.05) is 36.4 Å². The van der Waals surface area contributed by atoms with Crippen LogP contribution in [0.5, 0.6) is 11.5 Å². The van der Waals surface area contributed by atoms with Gasteiger partial charge in [0, 0.05) is 12.6 Å². The van der Waals surface area contributed by atoms with E-state index in [0.717, 1.165) is 31.1 Å². The molecule has 2 aromatic rings. The zero-order chi connectivity index (χ0) is 13.6. The Morgan fingerprint density at radius 3 is 2.67 bits per heavy atom. The van der Waals surface area contributed by atoms with Gasteiger partial charge in [-0.05, 0) is 30.2 Å². The van der Waals surface area contributed by atoms with Crippen LogP contribution in [0.3, 0.4) is 0 Å². The maximum Gasteiger partial charge on any atom is 0.122 e. The normalized spacial score (nSPS) is 16.3. The van der Waals surface area contributed by atoms with Crippen LogP contribution >= 0.6 is 12.4 Å². The highest BCUT2D eigenvalue weighted by molar-refractivity contribution is 5.85. The molecule has 1 heterocycles. The number of benzene rings is 2. The van der Waals surface area contributed by atoms with Crippen molar-refractivity contribution >= 4 is 12.4 Å². The largest absolute Gasteiger partial charge is 0.492 e. The van der Waals surface area contributed by atoms with E-state index in [0.29, 0.717) is 12.6 Å². The summed E-state index contributed by atoms with van der Waals surface area (Å²) in [5.74, 6) is 1.94. The number of ether oxygens (including phenoxy) is 2. The Balaban J connectivity index is 0.00000161. The second-order valence-corrected chi connectivity index (χ2v) is 4.94. The average Bonchev–Trinajstić information content (AvgIpc) is 2.52. The van der Waals surface area contributed by atoms with Crippen LogP contribution in [0.4, 0.5) is 0 Å². The van der Waals surface area contributed by atoms with Gasteiger partial charge in [-0.15, -0.1) is 12.4 Å². The summed E-state index contributed by atoms with van der Waals surface area (Å²) in [5.41, 5.74) is 1.28. The van der Waals surface area contributed by atoms with Crippen molar-refractivity contribution in [2.45, 2.75) is 12.5 Å². The van der Waals surface area contributed by atoms with Gasteiger partial charge in [-0.3, -0.25) is 0 Å². The maximum atomic E-state index is 5.75. The molecule has 0 saturated heterocycles. The summed E-state index contributed by atoms with van der Waals surface area (Å²) in [6.45, 7) is 2.22. The molecule has 1 atom stereocenters. The highest BCUT2D eigenvalue weighted by atomic mass is 35.5. The minimum absolute atomic E-state index is 0. The summed E-state index contributed by atoms with van der Waals surface area (Å²) in [6.07, 6.45) is 1.02. The molecule has 0 saturated carbocycles. The fourth-order valence-electron chi connectivity index (χ4n) is 2.41. The molecule has 4 heteroatoms. The van der Waals surface area contributed by atoms with Gasteiger partial charge < -0.3 is 14.8 Å². The summed E-state index contributed by atoms with van der Waals surface area (Å²) >= 11 is 0. The standard InChI is InChI=1S/C17H19NO2.ClH/c1-2-7-16(8-3-1)19-11-10-18-15-12-14-6-4-5-9-17(14)20-13-15;/h1-9,15,18H,10-13H2;1H. The van der Waals surface area contributed by atoms with Crippen molar-refractivity contribution in [1.29, 1.82) is 0 Å². The van der Waals surface area contributed by atoms with Gasteiger partial charge in [0.1, 0.15) is 24.7 Å². The van der Waals surface area contributed by atoms with E-state index < -0.39 is 0 Å². The molecule has 3 nitrogen and oxygen atoms in total. The highest BCUT2D eigenvalue weighted by Crippen LogP contribution is 2.23. The Labute approximate surface area is 131 Å². The molecule has 3 rings (SSSR count). The molecule has 0 amide bonds. The first kappa shape index (κ1) is 15.7. The Morgan fingerprint density at radius 1 is 1.05 bits per heavy atom. The third-order valence-corrected chi connectivity index (χ3v) is 3.43. The third-order valence-electron chi connectivity index (χ3n) is 3.43. The Hall–Kier alpha value is -1.71. The molecule has 1 aliphatic heterocycles. The first-order chi connectivity index (χ1) is 9.92. The molecule has 0 spiro atoms. The topological polar surface area (TPSA) is 30.5 Å². The van der Waals surface area contributed by atoms with Crippen LogP contribution in [0.1, 0.15) is 5.56 Å². The minimum atomic E-state index is 0. The molecule has 21 heavy (non-hydrogen) atoms. The van der Waals surface area contributed by atoms with Crippen molar-refractivity contribution in [2.24, 2.45) is 0 Å². The van der Waals surface area contributed by atoms with Gasteiger partial charge in [0.25, 0.3) is 0 Å². The second kappa shape index (κ2) is 7.91. The Bertz CT molecular complexity index is 547. The number of hydrogen-bond acceptors (Lipinski definition) is 3. The fraction of sp³-hybridized carbons (Fsp3) is 0.294. The number of nitrogens with one attached hydrogen (secondary N) is 1. The molecular weight excluding hydrogens is 286 g/mol. The van der Waals surface area contributed by atoms with Gasteiger partial charge >= 0.3 is 0 Å². The summed E-state index contributed by atoms with van der Waals surface area (Å²) in [4.78, 5) is 0. The van der Waals surface area contributed by atoms with Gasteiger partial charge in [-0.25, -0.2) is 0 Å². The van der Waals surface area contributed by atoms with Crippen molar-refractivity contribution in [1.82, 2.24) is 5.32 Å². The Kier molecular flexibility index (Phi) is 5.90. The molecule has 0 bridgehead atoms. The predicted octanol–water partition coefficient (Wildman–Crippen LogP) is 3.08. The molecule has 112 valence electrons. The molecule has 0 radical (unpaired) electrons. The lowest BCUT2D eigenvalue weighted by atomic mass is 10.0. The van der Waals surface area contributed by atoms with E-state index in [1.165, 1.54) is 5.56 Å². The van der Waals surface area contributed by atoms with Crippen LogP contribution in [0.15, 0.2) is 54.6 Å². The van der Waals surface area contributed by atoms with Gasteiger partial charge in [-0.2, -0.15) is 0 Å². The van der Waals surface area contributed by atoms with Crippen LogP contribution in [-0.2, 0) is 6.42 Å². The molecular formula is C17H20ClNO2. The fourth-order valence-corrected chi connectivity index (χ4v) is 2.41.